The average Bonchev–Trinajstić information content (AvgIpc) is 2.28. The van der Waals surface area contributed by atoms with Crippen LogP contribution in [0.1, 0.15) is 25.1 Å². The molecule has 100 valence electrons. The van der Waals surface area contributed by atoms with Crippen LogP contribution in [0.3, 0.4) is 0 Å². The lowest BCUT2D eigenvalue weighted by molar-refractivity contribution is -0.114. The highest BCUT2D eigenvalue weighted by Crippen LogP contribution is 2.15. The Balaban J connectivity index is 0.000000357. The van der Waals surface area contributed by atoms with Gasteiger partial charge in [-0.3, -0.25) is 0 Å². The van der Waals surface area contributed by atoms with Gasteiger partial charge in [0.25, 0.3) is 0 Å². The molecule has 0 amide bonds. The van der Waals surface area contributed by atoms with Crippen molar-refractivity contribution in [1.82, 2.24) is 4.98 Å². The van der Waals surface area contributed by atoms with Gasteiger partial charge in [-0.1, -0.05) is 0 Å². The Morgan fingerprint density at radius 3 is 2.28 bits per heavy atom. The molecule has 1 aliphatic rings. The number of aryl methyl sites for hydroxylation is 2. The number of Topliss-reactive ketones (excluding diaryl/α,β-unsaturated/α-hetero) is 1. The van der Waals surface area contributed by atoms with Crippen LogP contribution in [-0.4, -0.2) is 37.1 Å². The molecule has 1 saturated heterocycles. The summed E-state index contributed by atoms with van der Waals surface area (Å²) in [6.45, 7) is 10.7. The molecule has 0 aliphatic carbocycles. The summed E-state index contributed by atoms with van der Waals surface area (Å²) >= 11 is 0. The molecule has 0 spiro atoms. The van der Waals surface area contributed by atoms with Crippen molar-refractivity contribution in [3.05, 3.63) is 23.4 Å². The molecule has 4 heteroatoms. The molecule has 0 saturated carbocycles. The minimum Gasteiger partial charge on any atom is -0.378 e. The van der Waals surface area contributed by atoms with Crippen LogP contribution in [0.2, 0.25) is 0 Å². The lowest BCUT2D eigenvalue weighted by atomic mass is 10.2. The van der Waals surface area contributed by atoms with Gasteiger partial charge in [0.05, 0.1) is 13.2 Å². The first kappa shape index (κ1) is 14.6. The van der Waals surface area contributed by atoms with Gasteiger partial charge in [0.15, 0.2) is 0 Å². The smallest absolute Gasteiger partial charge is 0.129 e. The van der Waals surface area contributed by atoms with E-state index in [-0.39, 0.29) is 5.78 Å². The Morgan fingerprint density at radius 2 is 1.78 bits per heavy atom. The quantitative estimate of drug-likeness (QED) is 0.765. The monoisotopic (exact) mass is 250 g/mol. The van der Waals surface area contributed by atoms with Crippen LogP contribution < -0.4 is 4.90 Å². The zero-order valence-corrected chi connectivity index (χ0v) is 11.7. The van der Waals surface area contributed by atoms with Gasteiger partial charge in [0.1, 0.15) is 11.6 Å². The number of pyridine rings is 1. The molecule has 18 heavy (non-hydrogen) atoms. The summed E-state index contributed by atoms with van der Waals surface area (Å²) < 4.78 is 5.31. The second-order valence-electron chi connectivity index (χ2n) is 4.65. The van der Waals surface area contributed by atoms with Gasteiger partial charge in [-0.05, 0) is 45.4 Å². The lowest BCUT2D eigenvalue weighted by Crippen LogP contribution is -2.36. The van der Waals surface area contributed by atoms with E-state index in [1.165, 1.54) is 19.4 Å². The van der Waals surface area contributed by atoms with E-state index >= 15 is 0 Å². The maximum Gasteiger partial charge on any atom is 0.129 e. The van der Waals surface area contributed by atoms with E-state index < -0.39 is 0 Å². The number of rotatable bonds is 1. The van der Waals surface area contributed by atoms with E-state index in [4.69, 9.17) is 4.74 Å². The van der Waals surface area contributed by atoms with Crippen molar-refractivity contribution in [2.45, 2.75) is 27.7 Å². The Kier molecular flexibility index (Phi) is 5.78. The van der Waals surface area contributed by atoms with Crippen molar-refractivity contribution in [2.75, 3.05) is 31.2 Å². The fraction of sp³-hybridized carbons (Fsp3) is 0.571. The third kappa shape index (κ3) is 5.27. The molecule has 1 aromatic heterocycles. The normalized spacial score (nSPS) is 14.8. The summed E-state index contributed by atoms with van der Waals surface area (Å²) in [5.41, 5.74) is 2.37. The number of ether oxygens (including phenoxy) is 1. The third-order valence-electron chi connectivity index (χ3n) is 2.42. The first-order valence-corrected chi connectivity index (χ1v) is 6.24. The topological polar surface area (TPSA) is 42.4 Å². The Bertz CT molecular complexity index is 375. The van der Waals surface area contributed by atoms with Gasteiger partial charge in [0, 0.05) is 18.8 Å². The lowest BCUT2D eigenvalue weighted by Gasteiger charge is -2.28. The summed E-state index contributed by atoms with van der Waals surface area (Å²) in [4.78, 5) is 16.3. The highest BCUT2D eigenvalue weighted by Gasteiger charge is 2.12. The van der Waals surface area contributed by atoms with Crippen LogP contribution in [0.5, 0.6) is 0 Å². The van der Waals surface area contributed by atoms with Crippen molar-refractivity contribution in [2.24, 2.45) is 0 Å². The molecule has 0 aromatic carbocycles. The second-order valence-corrected chi connectivity index (χ2v) is 4.65. The van der Waals surface area contributed by atoms with E-state index in [1.807, 2.05) is 6.92 Å². The number of hydrogen-bond donors (Lipinski definition) is 0. The van der Waals surface area contributed by atoms with Gasteiger partial charge in [0.2, 0.25) is 0 Å². The molecule has 4 nitrogen and oxygen atoms in total. The summed E-state index contributed by atoms with van der Waals surface area (Å²) in [5.74, 6) is 1.26. The minimum absolute atomic E-state index is 0.167. The average molecular weight is 250 g/mol. The molecule has 2 heterocycles. The van der Waals surface area contributed by atoms with E-state index in [0.717, 1.165) is 37.8 Å². The zero-order chi connectivity index (χ0) is 13.5. The number of hydrogen-bond acceptors (Lipinski definition) is 4. The summed E-state index contributed by atoms with van der Waals surface area (Å²) in [7, 11) is 0. The fourth-order valence-corrected chi connectivity index (χ4v) is 1.77. The largest absolute Gasteiger partial charge is 0.378 e. The van der Waals surface area contributed by atoms with E-state index in [0.29, 0.717) is 0 Å². The number of aromatic nitrogens is 1. The van der Waals surface area contributed by atoms with Crippen molar-refractivity contribution in [3.8, 4) is 0 Å². The summed E-state index contributed by atoms with van der Waals surface area (Å²) in [5, 5.41) is 0. The molecule has 0 N–H and O–H groups in total. The Hall–Kier alpha value is -1.42. The maximum atomic E-state index is 9.44. The first-order valence-electron chi connectivity index (χ1n) is 6.24. The predicted molar refractivity (Wildman–Crippen MR) is 73.1 cm³/mol. The van der Waals surface area contributed by atoms with Crippen LogP contribution in [0.15, 0.2) is 12.1 Å². The minimum atomic E-state index is 0.167. The predicted octanol–water partition coefficient (Wildman–Crippen LogP) is 2.13. The standard InChI is InChI=1S/C11H16N2O.C3H6O/c1-9-7-10(2)12-11(8-9)13-3-5-14-6-4-13;1-3(2)4/h7-8H,3-6H2,1-2H3;1-2H3. The van der Waals surface area contributed by atoms with Crippen LogP contribution in [0.4, 0.5) is 5.82 Å². The van der Waals surface area contributed by atoms with Gasteiger partial charge in [-0.25, -0.2) is 4.98 Å². The van der Waals surface area contributed by atoms with Gasteiger partial charge in [-0.2, -0.15) is 0 Å². The Labute approximate surface area is 109 Å². The van der Waals surface area contributed by atoms with Crippen LogP contribution >= 0.6 is 0 Å². The molecule has 0 unspecified atom stereocenters. The third-order valence-corrected chi connectivity index (χ3v) is 2.42. The zero-order valence-electron chi connectivity index (χ0n) is 11.7. The maximum absolute atomic E-state index is 9.44. The number of morpholine rings is 1. The van der Waals surface area contributed by atoms with Gasteiger partial charge in [-0.15, -0.1) is 0 Å². The summed E-state index contributed by atoms with van der Waals surface area (Å²) in [6, 6.07) is 4.24. The molecule has 0 radical (unpaired) electrons. The molecule has 0 bridgehead atoms. The summed E-state index contributed by atoms with van der Waals surface area (Å²) in [6.07, 6.45) is 0. The van der Waals surface area contributed by atoms with E-state index in [1.54, 1.807) is 0 Å². The van der Waals surface area contributed by atoms with Crippen molar-refractivity contribution in [1.29, 1.82) is 0 Å². The molecule has 1 aromatic rings. The Morgan fingerprint density at radius 1 is 1.22 bits per heavy atom. The van der Waals surface area contributed by atoms with Crippen LogP contribution in [-0.2, 0) is 9.53 Å². The van der Waals surface area contributed by atoms with Gasteiger partial charge < -0.3 is 14.4 Å². The number of nitrogens with zero attached hydrogens (tertiary/aromatic N) is 2. The number of ketones is 1. The first-order chi connectivity index (χ1) is 8.49. The number of carbonyl (C=O) groups is 1. The van der Waals surface area contributed by atoms with Gasteiger partial charge >= 0.3 is 0 Å². The molecule has 1 aliphatic heterocycles. The molecule has 0 atom stereocenters. The van der Waals surface area contributed by atoms with Crippen molar-refractivity contribution >= 4 is 11.6 Å². The van der Waals surface area contributed by atoms with Crippen LogP contribution in [0, 0.1) is 13.8 Å². The van der Waals surface area contributed by atoms with Crippen molar-refractivity contribution < 1.29 is 9.53 Å². The van der Waals surface area contributed by atoms with E-state index in [2.05, 4.69) is 28.9 Å². The molecular formula is C14H22N2O2. The highest BCUT2D eigenvalue weighted by molar-refractivity contribution is 5.72. The van der Waals surface area contributed by atoms with E-state index in [9.17, 15) is 4.79 Å². The molecular weight excluding hydrogens is 228 g/mol. The van der Waals surface area contributed by atoms with Crippen molar-refractivity contribution in [3.63, 3.8) is 0 Å². The SMILES string of the molecule is CC(C)=O.Cc1cc(C)nc(N2CCOCC2)c1. The second kappa shape index (κ2) is 7.11. The number of anilines is 1. The van der Waals surface area contributed by atoms with Crippen LogP contribution in [0.25, 0.3) is 0 Å². The number of carbonyl (C=O) groups excluding carboxylic acids is 1. The fourth-order valence-electron chi connectivity index (χ4n) is 1.77. The molecule has 2 rings (SSSR count). The highest BCUT2D eigenvalue weighted by atomic mass is 16.5. The molecule has 1 fully saturated rings.